The molecule has 2 aromatic rings. The Morgan fingerprint density at radius 1 is 0.917 bits per heavy atom. The molecule has 194 valence electrons. The number of benzene rings is 2. The highest BCUT2D eigenvalue weighted by atomic mass is 16.5. The van der Waals surface area contributed by atoms with Crippen molar-refractivity contribution in [3.63, 3.8) is 0 Å². The van der Waals surface area contributed by atoms with Crippen LogP contribution in [0.3, 0.4) is 0 Å². The van der Waals surface area contributed by atoms with Gasteiger partial charge in [0.15, 0.2) is 0 Å². The highest BCUT2D eigenvalue weighted by molar-refractivity contribution is 5.87. The molecule has 0 bridgehead atoms. The summed E-state index contributed by atoms with van der Waals surface area (Å²) in [7, 11) is 0. The van der Waals surface area contributed by atoms with E-state index in [1.54, 1.807) is 11.8 Å². The Morgan fingerprint density at radius 2 is 1.56 bits per heavy atom. The van der Waals surface area contributed by atoms with E-state index in [2.05, 4.69) is 10.6 Å². The quantitative estimate of drug-likeness (QED) is 0.441. The first-order valence-electron chi connectivity index (χ1n) is 12.7. The molecule has 0 spiro atoms. The second-order valence-electron chi connectivity index (χ2n) is 8.86. The number of hydrogen-bond acceptors (Lipinski definition) is 5. The molecule has 0 radical (unpaired) electrons. The van der Waals surface area contributed by atoms with E-state index in [0.29, 0.717) is 52.2 Å². The molecule has 2 aromatic carbocycles. The average Bonchev–Trinajstić information content (AvgIpc) is 2.91. The maximum atomic E-state index is 13.5. The Kier molecular flexibility index (Phi) is 11.2. The SMILES string of the molecule is CCOC(=O)CC[C@H](CCc1ccccc1)NC(=O)[C@H](Cc1ccccc1)NC(=O)N1CCOCC1. The summed E-state index contributed by atoms with van der Waals surface area (Å²) >= 11 is 0. The first-order chi connectivity index (χ1) is 17.5. The molecule has 8 heteroatoms. The minimum absolute atomic E-state index is 0.219. The zero-order valence-corrected chi connectivity index (χ0v) is 21.0. The maximum Gasteiger partial charge on any atom is 0.318 e. The molecule has 1 aliphatic rings. The van der Waals surface area contributed by atoms with Gasteiger partial charge in [0.2, 0.25) is 5.91 Å². The molecule has 1 heterocycles. The van der Waals surface area contributed by atoms with Crippen LogP contribution in [0.4, 0.5) is 4.79 Å². The summed E-state index contributed by atoms with van der Waals surface area (Å²) in [5.74, 6) is -0.541. The monoisotopic (exact) mass is 495 g/mol. The molecule has 0 unspecified atom stereocenters. The molecule has 8 nitrogen and oxygen atoms in total. The Bertz CT molecular complexity index is 948. The smallest absolute Gasteiger partial charge is 0.318 e. The number of nitrogens with one attached hydrogen (secondary N) is 2. The number of hydrogen-bond donors (Lipinski definition) is 2. The lowest BCUT2D eigenvalue weighted by Gasteiger charge is -2.30. The minimum atomic E-state index is -0.746. The largest absolute Gasteiger partial charge is 0.466 e. The summed E-state index contributed by atoms with van der Waals surface area (Å²) < 4.78 is 10.4. The standard InChI is InChI=1S/C28H37N3O5/c1-2-36-26(32)16-15-24(14-13-22-9-5-3-6-10-22)29-27(33)25(21-23-11-7-4-8-12-23)30-28(34)31-17-19-35-20-18-31/h3-12,24-25H,2,13-21H2,1H3,(H,29,33)(H,30,34)/t24-,25-/m0/s1. The van der Waals surface area contributed by atoms with Gasteiger partial charge < -0.3 is 25.0 Å². The van der Waals surface area contributed by atoms with Crippen LogP contribution in [-0.2, 0) is 31.9 Å². The van der Waals surface area contributed by atoms with Gasteiger partial charge in [-0.1, -0.05) is 60.7 Å². The van der Waals surface area contributed by atoms with Crippen molar-refractivity contribution >= 4 is 17.9 Å². The van der Waals surface area contributed by atoms with E-state index in [9.17, 15) is 14.4 Å². The van der Waals surface area contributed by atoms with Crippen LogP contribution in [0.5, 0.6) is 0 Å². The fraction of sp³-hybridized carbons (Fsp3) is 0.464. The number of esters is 1. The fourth-order valence-corrected chi connectivity index (χ4v) is 4.17. The van der Waals surface area contributed by atoms with Crippen LogP contribution in [0.1, 0.15) is 37.3 Å². The van der Waals surface area contributed by atoms with Crippen molar-refractivity contribution in [3.05, 3.63) is 71.8 Å². The molecule has 1 fully saturated rings. The molecular weight excluding hydrogens is 458 g/mol. The van der Waals surface area contributed by atoms with Gasteiger partial charge in [0, 0.05) is 32.0 Å². The molecule has 36 heavy (non-hydrogen) atoms. The van der Waals surface area contributed by atoms with Gasteiger partial charge in [0.05, 0.1) is 19.8 Å². The fourth-order valence-electron chi connectivity index (χ4n) is 4.17. The predicted molar refractivity (Wildman–Crippen MR) is 137 cm³/mol. The van der Waals surface area contributed by atoms with E-state index in [-0.39, 0.29) is 30.4 Å². The van der Waals surface area contributed by atoms with Crippen molar-refractivity contribution in [1.82, 2.24) is 15.5 Å². The molecule has 3 amide bonds. The molecule has 3 rings (SSSR count). The molecule has 2 atom stereocenters. The first-order valence-corrected chi connectivity index (χ1v) is 12.7. The highest BCUT2D eigenvalue weighted by Crippen LogP contribution is 2.12. The maximum absolute atomic E-state index is 13.5. The topological polar surface area (TPSA) is 97.0 Å². The van der Waals surface area contributed by atoms with Crippen molar-refractivity contribution in [3.8, 4) is 0 Å². The summed E-state index contributed by atoms with van der Waals surface area (Å²) in [4.78, 5) is 40.0. The van der Waals surface area contributed by atoms with Crippen LogP contribution in [-0.4, -0.2) is 67.8 Å². The summed E-state index contributed by atoms with van der Waals surface area (Å²) in [6.07, 6.45) is 2.48. The lowest BCUT2D eigenvalue weighted by atomic mass is 10.00. The molecule has 1 saturated heterocycles. The lowest BCUT2D eigenvalue weighted by Crippen LogP contribution is -2.55. The number of morpholine rings is 1. The zero-order valence-electron chi connectivity index (χ0n) is 21.0. The lowest BCUT2D eigenvalue weighted by molar-refractivity contribution is -0.143. The Balaban J connectivity index is 1.69. The van der Waals surface area contributed by atoms with E-state index in [4.69, 9.17) is 9.47 Å². The van der Waals surface area contributed by atoms with Crippen molar-refractivity contribution < 1.29 is 23.9 Å². The number of nitrogens with zero attached hydrogens (tertiary/aromatic N) is 1. The van der Waals surface area contributed by atoms with Crippen LogP contribution >= 0.6 is 0 Å². The van der Waals surface area contributed by atoms with Crippen molar-refractivity contribution in [2.75, 3.05) is 32.9 Å². The number of rotatable bonds is 12. The van der Waals surface area contributed by atoms with E-state index in [1.165, 1.54) is 0 Å². The van der Waals surface area contributed by atoms with Crippen molar-refractivity contribution in [2.45, 2.75) is 51.1 Å². The summed E-state index contributed by atoms with van der Waals surface area (Å²) in [6.45, 7) is 4.05. The van der Waals surface area contributed by atoms with Gasteiger partial charge >= 0.3 is 12.0 Å². The van der Waals surface area contributed by atoms with Crippen molar-refractivity contribution in [2.24, 2.45) is 0 Å². The van der Waals surface area contributed by atoms with Crippen molar-refractivity contribution in [1.29, 1.82) is 0 Å². The van der Waals surface area contributed by atoms with Gasteiger partial charge in [-0.25, -0.2) is 4.79 Å². The van der Waals surface area contributed by atoms with E-state index in [1.807, 2.05) is 60.7 Å². The number of amides is 3. The third kappa shape index (κ3) is 9.34. The average molecular weight is 496 g/mol. The number of carbonyl (C=O) groups is 3. The van der Waals surface area contributed by atoms with Gasteiger partial charge in [0.1, 0.15) is 6.04 Å². The molecule has 0 saturated carbocycles. The molecule has 0 aromatic heterocycles. The van der Waals surface area contributed by atoms with Gasteiger partial charge in [-0.2, -0.15) is 0 Å². The van der Waals surface area contributed by atoms with Gasteiger partial charge in [-0.3, -0.25) is 9.59 Å². The zero-order chi connectivity index (χ0) is 25.6. The summed E-state index contributed by atoms with van der Waals surface area (Å²) in [5, 5.41) is 6.04. The molecule has 2 N–H and O–H groups in total. The number of carbonyl (C=O) groups excluding carboxylic acids is 3. The highest BCUT2D eigenvalue weighted by Gasteiger charge is 2.27. The van der Waals surface area contributed by atoms with Crippen LogP contribution in [0, 0.1) is 0 Å². The molecule has 0 aliphatic carbocycles. The Morgan fingerprint density at radius 3 is 2.19 bits per heavy atom. The third-order valence-electron chi connectivity index (χ3n) is 6.17. The second-order valence-corrected chi connectivity index (χ2v) is 8.86. The van der Waals surface area contributed by atoms with Crippen LogP contribution in [0.2, 0.25) is 0 Å². The summed E-state index contributed by atoms with van der Waals surface area (Å²) in [6, 6.07) is 18.4. The minimum Gasteiger partial charge on any atom is -0.466 e. The number of ether oxygens (including phenoxy) is 2. The number of urea groups is 1. The summed E-state index contributed by atoms with van der Waals surface area (Å²) in [5.41, 5.74) is 2.11. The predicted octanol–water partition coefficient (Wildman–Crippen LogP) is 3.10. The van der Waals surface area contributed by atoms with E-state index >= 15 is 0 Å². The third-order valence-corrected chi connectivity index (χ3v) is 6.17. The number of aryl methyl sites for hydroxylation is 1. The Hall–Kier alpha value is -3.39. The van der Waals surface area contributed by atoms with Gasteiger partial charge in [-0.15, -0.1) is 0 Å². The van der Waals surface area contributed by atoms with E-state index < -0.39 is 6.04 Å². The second kappa shape index (κ2) is 14.9. The van der Waals surface area contributed by atoms with Gasteiger partial charge in [0.25, 0.3) is 0 Å². The Labute approximate surface area is 213 Å². The van der Waals surface area contributed by atoms with Crippen LogP contribution < -0.4 is 10.6 Å². The molecule has 1 aliphatic heterocycles. The van der Waals surface area contributed by atoms with Gasteiger partial charge in [-0.05, 0) is 37.3 Å². The van der Waals surface area contributed by atoms with Crippen LogP contribution in [0.15, 0.2) is 60.7 Å². The van der Waals surface area contributed by atoms with E-state index in [0.717, 1.165) is 17.5 Å². The van der Waals surface area contributed by atoms with Crippen LogP contribution in [0.25, 0.3) is 0 Å². The normalized spacial score (nSPS) is 15.0. The first kappa shape index (κ1) is 27.2. The molecular formula is C28H37N3O5.